The summed E-state index contributed by atoms with van der Waals surface area (Å²) >= 11 is 0. The number of piperidine rings is 1. The Morgan fingerprint density at radius 2 is 2.33 bits per heavy atom. The summed E-state index contributed by atoms with van der Waals surface area (Å²) in [5, 5.41) is 0. The molecule has 6 heteroatoms. The van der Waals surface area contributed by atoms with Crippen LogP contribution in [0.2, 0.25) is 0 Å². The van der Waals surface area contributed by atoms with Crippen molar-refractivity contribution in [2.45, 2.75) is 32.3 Å². The van der Waals surface area contributed by atoms with Gasteiger partial charge >= 0.3 is 5.97 Å². The fourth-order valence-electron chi connectivity index (χ4n) is 2.48. The number of anilines is 2. The zero-order valence-corrected chi connectivity index (χ0v) is 12.7. The van der Waals surface area contributed by atoms with E-state index in [4.69, 9.17) is 15.2 Å². The van der Waals surface area contributed by atoms with Crippen LogP contribution in [0.15, 0.2) is 12.1 Å². The molecular formula is C15H23N3O3. The molecule has 0 amide bonds. The second kappa shape index (κ2) is 7.26. The minimum absolute atomic E-state index is 0.196. The van der Waals surface area contributed by atoms with Gasteiger partial charge in [0.05, 0.1) is 18.9 Å². The summed E-state index contributed by atoms with van der Waals surface area (Å²) in [6.45, 7) is 4.49. The number of nitrogens with zero attached hydrogens (tertiary/aromatic N) is 2. The molecule has 0 bridgehead atoms. The Bertz CT molecular complexity index is 493. The standard InChI is InChI=1S/C15H23N3O3/c1-3-9-21-11-5-4-8-18(10-11)14-12(16)6-7-13(17-14)15(19)20-2/h6-7,11H,3-5,8-10,16H2,1-2H3. The molecule has 2 heterocycles. The molecule has 6 nitrogen and oxygen atoms in total. The van der Waals surface area contributed by atoms with Crippen molar-refractivity contribution in [2.75, 3.05) is 37.4 Å². The number of hydrogen-bond donors (Lipinski definition) is 1. The van der Waals surface area contributed by atoms with Gasteiger partial charge in [0.2, 0.25) is 0 Å². The van der Waals surface area contributed by atoms with Crippen LogP contribution in [0.25, 0.3) is 0 Å². The summed E-state index contributed by atoms with van der Waals surface area (Å²) in [7, 11) is 1.34. The number of carbonyl (C=O) groups is 1. The van der Waals surface area contributed by atoms with Crippen molar-refractivity contribution in [2.24, 2.45) is 0 Å². The van der Waals surface area contributed by atoms with Crippen LogP contribution in [-0.2, 0) is 9.47 Å². The number of rotatable bonds is 5. The van der Waals surface area contributed by atoms with Gasteiger partial charge in [-0.15, -0.1) is 0 Å². The van der Waals surface area contributed by atoms with Gasteiger partial charge in [-0.3, -0.25) is 0 Å². The lowest BCUT2D eigenvalue weighted by molar-refractivity contribution is 0.0439. The van der Waals surface area contributed by atoms with Crippen molar-refractivity contribution in [1.29, 1.82) is 0 Å². The van der Waals surface area contributed by atoms with E-state index < -0.39 is 5.97 Å². The van der Waals surface area contributed by atoms with E-state index in [9.17, 15) is 4.79 Å². The van der Waals surface area contributed by atoms with Crippen LogP contribution in [0.3, 0.4) is 0 Å². The van der Waals surface area contributed by atoms with E-state index in [1.165, 1.54) is 7.11 Å². The molecule has 2 rings (SSSR count). The minimum atomic E-state index is -0.452. The van der Waals surface area contributed by atoms with Gasteiger partial charge in [-0.1, -0.05) is 6.92 Å². The first-order valence-corrected chi connectivity index (χ1v) is 7.37. The Kier molecular flexibility index (Phi) is 5.38. The highest BCUT2D eigenvalue weighted by atomic mass is 16.5. The number of pyridine rings is 1. The van der Waals surface area contributed by atoms with Gasteiger partial charge in [0, 0.05) is 19.7 Å². The number of esters is 1. The molecule has 1 aromatic heterocycles. The fourth-order valence-corrected chi connectivity index (χ4v) is 2.48. The Morgan fingerprint density at radius 3 is 3.05 bits per heavy atom. The molecule has 116 valence electrons. The highest BCUT2D eigenvalue weighted by Gasteiger charge is 2.23. The molecule has 1 saturated heterocycles. The van der Waals surface area contributed by atoms with E-state index in [0.29, 0.717) is 11.5 Å². The van der Waals surface area contributed by atoms with Crippen LogP contribution in [0.4, 0.5) is 11.5 Å². The van der Waals surface area contributed by atoms with Crippen LogP contribution in [0.5, 0.6) is 0 Å². The fraction of sp³-hybridized carbons (Fsp3) is 0.600. The van der Waals surface area contributed by atoms with Crippen LogP contribution in [0.1, 0.15) is 36.7 Å². The van der Waals surface area contributed by atoms with E-state index >= 15 is 0 Å². The molecule has 1 aromatic rings. The quantitative estimate of drug-likeness (QED) is 0.835. The highest BCUT2D eigenvalue weighted by Crippen LogP contribution is 2.25. The maximum atomic E-state index is 11.6. The number of methoxy groups -OCH3 is 1. The SMILES string of the molecule is CCCOC1CCCN(c2nc(C(=O)OC)ccc2N)C1. The number of aromatic nitrogens is 1. The van der Waals surface area contributed by atoms with Gasteiger partial charge in [-0.2, -0.15) is 0 Å². The van der Waals surface area contributed by atoms with Crippen molar-refractivity contribution in [1.82, 2.24) is 4.98 Å². The number of carbonyl (C=O) groups excluding carboxylic acids is 1. The monoisotopic (exact) mass is 293 g/mol. The smallest absolute Gasteiger partial charge is 0.356 e. The second-order valence-corrected chi connectivity index (χ2v) is 5.18. The van der Waals surface area contributed by atoms with Crippen LogP contribution < -0.4 is 10.6 Å². The molecular weight excluding hydrogens is 270 g/mol. The van der Waals surface area contributed by atoms with Gasteiger partial charge in [0.1, 0.15) is 0 Å². The molecule has 0 aliphatic carbocycles. The molecule has 0 radical (unpaired) electrons. The Balaban J connectivity index is 2.14. The lowest BCUT2D eigenvalue weighted by Gasteiger charge is -2.34. The molecule has 1 aliphatic rings. The molecule has 1 aliphatic heterocycles. The summed E-state index contributed by atoms with van der Waals surface area (Å²) in [6, 6.07) is 3.28. The molecule has 0 saturated carbocycles. The predicted molar refractivity (Wildman–Crippen MR) is 81.5 cm³/mol. The topological polar surface area (TPSA) is 77.7 Å². The van der Waals surface area contributed by atoms with Crippen molar-refractivity contribution in [3.8, 4) is 0 Å². The molecule has 1 fully saturated rings. The number of hydrogen-bond acceptors (Lipinski definition) is 6. The Morgan fingerprint density at radius 1 is 1.52 bits per heavy atom. The molecule has 1 atom stereocenters. The molecule has 2 N–H and O–H groups in total. The average Bonchev–Trinajstić information content (AvgIpc) is 2.53. The van der Waals surface area contributed by atoms with Gasteiger partial charge in [-0.05, 0) is 31.4 Å². The summed E-state index contributed by atoms with van der Waals surface area (Å²) < 4.78 is 10.5. The van der Waals surface area contributed by atoms with E-state index in [1.54, 1.807) is 12.1 Å². The minimum Gasteiger partial charge on any atom is -0.464 e. The lowest BCUT2D eigenvalue weighted by Crippen LogP contribution is -2.40. The summed E-state index contributed by atoms with van der Waals surface area (Å²) in [6.07, 6.45) is 3.28. The zero-order valence-electron chi connectivity index (χ0n) is 12.7. The third-order valence-corrected chi connectivity index (χ3v) is 3.54. The van der Waals surface area contributed by atoms with E-state index in [-0.39, 0.29) is 11.8 Å². The van der Waals surface area contributed by atoms with Crippen LogP contribution in [0, 0.1) is 0 Å². The Hall–Kier alpha value is -1.82. The van der Waals surface area contributed by atoms with E-state index in [2.05, 4.69) is 16.8 Å². The predicted octanol–water partition coefficient (Wildman–Crippen LogP) is 1.85. The first kappa shape index (κ1) is 15.6. The molecule has 0 aromatic carbocycles. The van der Waals surface area contributed by atoms with Crippen molar-refractivity contribution in [3.05, 3.63) is 17.8 Å². The second-order valence-electron chi connectivity index (χ2n) is 5.18. The normalized spacial score (nSPS) is 18.6. The van der Waals surface area contributed by atoms with Crippen molar-refractivity contribution >= 4 is 17.5 Å². The molecule has 21 heavy (non-hydrogen) atoms. The lowest BCUT2D eigenvalue weighted by atomic mass is 10.1. The number of nitrogens with two attached hydrogens (primary N) is 1. The average molecular weight is 293 g/mol. The van der Waals surface area contributed by atoms with Crippen LogP contribution >= 0.6 is 0 Å². The maximum absolute atomic E-state index is 11.6. The van der Waals surface area contributed by atoms with Crippen molar-refractivity contribution in [3.63, 3.8) is 0 Å². The largest absolute Gasteiger partial charge is 0.464 e. The third-order valence-electron chi connectivity index (χ3n) is 3.54. The first-order valence-electron chi connectivity index (χ1n) is 7.37. The zero-order chi connectivity index (χ0) is 15.2. The third kappa shape index (κ3) is 3.85. The first-order chi connectivity index (χ1) is 10.2. The Labute approximate surface area is 125 Å². The van der Waals surface area contributed by atoms with Crippen molar-refractivity contribution < 1.29 is 14.3 Å². The molecule has 0 spiro atoms. The molecule has 1 unspecified atom stereocenters. The van der Waals surface area contributed by atoms with Gasteiger partial charge in [0.25, 0.3) is 0 Å². The van der Waals surface area contributed by atoms with Gasteiger partial charge < -0.3 is 20.1 Å². The van der Waals surface area contributed by atoms with Crippen LogP contribution in [-0.4, -0.2) is 43.9 Å². The van der Waals surface area contributed by atoms with Gasteiger partial charge in [-0.25, -0.2) is 9.78 Å². The summed E-state index contributed by atoms with van der Waals surface area (Å²) in [5.41, 5.74) is 6.85. The number of nitrogen functional groups attached to an aromatic ring is 1. The summed E-state index contributed by atoms with van der Waals surface area (Å²) in [5.74, 6) is 0.190. The summed E-state index contributed by atoms with van der Waals surface area (Å²) in [4.78, 5) is 18.0. The maximum Gasteiger partial charge on any atom is 0.356 e. The highest BCUT2D eigenvalue weighted by molar-refractivity contribution is 5.88. The van der Waals surface area contributed by atoms with E-state index in [0.717, 1.165) is 39.0 Å². The number of ether oxygens (including phenoxy) is 2. The van der Waals surface area contributed by atoms with E-state index in [1.807, 2.05) is 0 Å². The van der Waals surface area contributed by atoms with Gasteiger partial charge in [0.15, 0.2) is 11.5 Å².